The molecule has 2 heterocycles. The van der Waals surface area contributed by atoms with Crippen molar-refractivity contribution in [3.05, 3.63) is 95.6 Å². The summed E-state index contributed by atoms with van der Waals surface area (Å²) in [6.07, 6.45) is -2.22. The van der Waals surface area contributed by atoms with E-state index in [1.165, 1.54) is 23.6 Å². The van der Waals surface area contributed by atoms with Gasteiger partial charge in [-0.3, -0.25) is 4.79 Å². The molecule has 1 N–H and O–H groups in total. The van der Waals surface area contributed by atoms with Gasteiger partial charge in [-0.25, -0.2) is 0 Å². The van der Waals surface area contributed by atoms with Crippen LogP contribution in [0, 0.1) is 0 Å². The Kier molecular flexibility index (Phi) is 8.77. The summed E-state index contributed by atoms with van der Waals surface area (Å²) in [7, 11) is 8.97. The molecule has 198 valence electrons. The summed E-state index contributed by atoms with van der Waals surface area (Å²) in [5.41, 5.74) is 3.44. The van der Waals surface area contributed by atoms with Crippen LogP contribution in [-0.2, 0) is 24.4 Å². The van der Waals surface area contributed by atoms with Gasteiger partial charge >= 0.3 is 5.97 Å². The molecule has 5 atom stereocenters. The Morgan fingerprint density at radius 2 is 1.37 bits per heavy atom. The molecule has 0 aromatic heterocycles. The van der Waals surface area contributed by atoms with Crippen LogP contribution in [0.15, 0.2) is 78.9 Å². The van der Waals surface area contributed by atoms with Crippen molar-refractivity contribution in [3.63, 3.8) is 0 Å². The summed E-state index contributed by atoms with van der Waals surface area (Å²) in [5, 5.41) is 9.42. The molecule has 0 saturated carbocycles. The zero-order valence-corrected chi connectivity index (χ0v) is 22.1. The summed E-state index contributed by atoms with van der Waals surface area (Å²) in [4.78, 5) is 10.8. The lowest BCUT2D eigenvalue weighted by Crippen LogP contribution is -2.36. The van der Waals surface area contributed by atoms with Crippen molar-refractivity contribution >= 4 is 13.8 Å². The first-order chi connectivity index (χ1) is 18.3. The monoisotopic (exact) mass is 516 g/mol. The largest absolute Gasteiger partial charge is 0.497 e. The molecular weight excluding hydrogens is 483 g/mol. The van der Waals surface area contributed by atoms with Crippen LogP contribution in [0.2, 0.25) is 0 Å². The molecule has 3 aromatic carbocycles. The number of fused-ring (bicyclic) bond motifs is 1. The average Bonchev–Trinajstić information content (AvgIpc) is 3.46. The molecule has 1 unspecified atom stereocenters. The molecule has 2 fully saturated rings. The Morgan fingerprint density at radius 3 is 1.84 bits per heavy atom. The predicted molar refractivity (Wildman–Crippen MR) is 144 cm³/mol. The van der Waals surface area contributed by atoms with Gasteiger partial charge in [-0.2, -0.15) is 0 Å². The molecule has 2 saturated heterocycles. The maximum Gasteiger partial charge on any atom is 0.303 e. The first-order valence-electron chi connectivity index (χ1n) is 12.5. The average molecular weight is 516 g/mol. The van der Waals surface area contributed by atoms with Crippen molar-refractivity contribution in [2.75, 3.05) is 20.8 Å². The number of hydrogen-bond donors (Lipinski definition) is 1. The van der Waals surface area contributed by atoms with E-state index in [9.17, 15) is 9.90 Å². The number of esters is 1. The number of hydrogen-bond acceptors (Lipinski definition) is 7. The van der Waals surface area contributed by atoms with E-state index in [1.54, 1.807) is 14.2 Å². The summed E-state index contributed by atoms with van der Waals surface area (Å²) in [6, 6.07) is 26.4. The van der Waals surface area contributed by atoms with Crippen molar-refractivity contribution in [2.24, 2.45) is 0 Å². The number of methoxy groups -OCH3 is 2. The van der Waals surface area contributed by atoms with E-state index in [-0.39, 0.29) is 12.0 Å². The molecule has 0 bridgehead atoms. The smallest absolute Gasteiger partial charge is 0.303 e. The lowest BCUT2D eigenvalue weighted by molar-refractivity contribution is -0.152. The minimum absolute atomic E-state index is 0.194. The highest BCUT2D eigenvalue weighted by Crippen LogP contribution is 2.39. The number of aliphatic hydroxyl groups is 1. The Labute approximate surface area is 225 Å². The number of ether oxygens (including phenoxy) is 5. The fraction of sp³-hybridized carbons (Fsp3) is 0.367. The fourth-order valence-corrected chi connectivity index (χ4v) is 4.96. The van der Waals surface area contributed by atoms with Gasteiger partial charge in [0.2, 0.25) is 0 Å². The molecule has 2 radical (unpaired) electrons. The molecule has 2 aliphatic rings. The van der Waals surface area contributed by atoms with E-state index < -0.39 is 36.4 Å². The molecule has 0 amide bonds. The van der Waals surface area contributed by atoms with Gasteiger partial charge in [-0.15, -0.1) is 0 Å². The van der Waals surface area contributed by atoms with Gasteiger partial charge in [-0.1, -0.05) is 54.6 Å². The van der Waals surface area contributed by atoms with Gasteiger partial charge < -0.3 is 28.8 Å². The van der Waals surface area contributed by atoms with Crippen LogP contribution in [0.1, 0.15) is 30.5 Å². The quantitative estimate of drug-likeness (QED) is 0.305. The molecule has 0 aliphatic carbocycles. The van der Waals surface area contributed by atoms with Gasteiger partial charge in [0.05, 0.1) is 26.8 Å². The van der Waals surface area contributed by atoms with Crippen LogP contribution in [0.4, 0.5) is 0 Å². The first-order valence-corrected chi connectivity index (χ1v) is 12.5. The first kappa shape index (κ1) is 27.7. The number of benzene rings is 3. The Balaban J connectivity index is 0.000000204. The Bertz CT molecular complexity index is 1140. The third-order valence-corrected chi connectivity index (χ3v) is 7.11. The van der Waals surface area contributed by atoms with Crippen molar-refractivity contribution < 1.29 is 33.6 Å². The van der Waals surface area contributed by atoms with Gasteiger partial charge in [-0.05, 0) is 47.9 Å². The Morgan fingerprint density at radius 1 is 0.868 bits per heavy atom. The van der Waals surface area contributed by atoms with Crippen molar-refractivity contribution in [3.8, 4) is 11.5 Å². The maximum absolute atomic E-state index is 10.8. The van der Waals surface area contributed by atoms with Crippen LogP contribution in [0.3, 0.4) is 0 Å². The standard InChI is InChI=1S/C22H22O2.C8H11BO5/c1-22(17-7-5-4-6-8-17,18-9-13-20(23-2)14-10-18)19-11-15-21(24-3)16-12-19;1-3(10)13-7-6-5(14-8(7)9)4(11)2-12-6/h4-16H,1-3H3;4-8,11H,2H2,1H3/t;4-,5?,6+,7-,8-/m.1/s1. The van der Waals surface area contributed by atoms with Crippen molar-refractivity contribution in [2.45, 2.75) is 49.7 Å². The summed E-state index contributed by atoms with van der Waals surface area (Å²) < 4.78 is 26.1. The minimum atomic E-state index is -0.719. The number of aliphatic hydroxyl groups excluding tert-OH is 1. The second-order valence-electron chi connectivity index (χ2n) is 9.45. The molecule has 7 nitrogen and oxygen atoms in total. The van der Waals surface area contributed by atoms with Crippen molar-refractivity contribution in [1.29, 1.82) is 0 Å². The lowest BCUT2D eigenvalue weighted by atomic mass is 9.71. The maximum atomic E-state index is 10.8. The SMILES string of the molecule is COc1ccc(C(C)(c2ccccc2)c2ccc(OC)cc2)cc1.[B][C@@H]1OC2[C@H](O)CO[C@@H]2[C@H]1OC(C)=O. The predicted octanol–water partition coefficient (Wildman–Crippen LogP) is 3.63. The highest BCUT2D eigenvalue weighted by molar-refractivity contribution is 6.11. The third kappa shape index (κ3) is 5.72. The van der Waals surface area contributed by atoms with E-state index >= 15 is 0 Å². The van der Waals surface area contributed by atoms with E-state index in [1.807, 2.05) is 30.3 Å². The molecule has 38 heavy (non-hydrogen) atoms. The van der Waals surface area contributed by atoms with E-state index in [0.29, 0.717) is 0 Å². The van der Waals surface area contributed by atoms with E-state index in [0.717, 1.165) is 11.5 Å². The van der Waals surface area contributed by atoms with Gasteiger partial charge in [0.1, 0.15) is 43.8 Å². The van der Waals surface area contributed by atoms with Crippen molar-refractivity contribution in [1.82, 2.24) is 0 Å². The van der Waals surface area contributed by atoms with Crippen LogP contribution in [0.5, 0.6) is 11.5 Å². The highest BCUT2D eigenvalue weighted by atomic mass is 16.6. The molecule has 0 spiro atoms. The van der Waals surface area contributed by atoms with Gasteiger partial charge in [0.15, 0.2) is 0 Å². The van der Waals surface area contributed by atoms with Gasteiger partial charge in [0, 0.05) is 12.3 Å². The highest BCUT2D eigenvalue weighted by Gasteiger charge is 2.52. The second kappa shape index (κ2) is 12.0. The normalized spacial score (nSPS) is 24.1. The van der Waals surface area contributed by atoms with Crippen LogP contribution in [-0.4, -0.2) is 70.2 Å². The topological polar surface area (TPSA) is 83.5 Å². The van der Waals surface area contributed by atoms with Crippen LogP contribution in [0.25, 0.3) is 0 Å². The zero-order chi connectivity index (χ0) is 27.3. The Hall–Kier alpha value is -3.33. The number of rotatable bonds is 6. The summed E-state index contributed by atoms with van der Waals surface area (Å²) in [6.45, 7) is 3.75. The van der Waals surface area contributed by atoms with Crippen LogP contribution >= 0.6 is 0 Å². The van der Waals surface area contributed by atoms with E-state index in [4.69, 9.17) is 31.5 Å². The molecular formula is C30H33BO7. The lowest BCUT2D eigenvalue weighted by Gasteiger charge is -2.32. The summed E-state index contributed by atoms with van der Waals surface area (Å²) in [5.74, 6) is 1.30. The van der Waals surface area contributed by atoms with Gasteiger partial charge in [0.25, 0.3) is 0 Å². The fourth-order valence-electron chi connectivity index (χ4n) is 4.96. The minimum Gasteiger partial charge on any atom is -0.497 e. The summed E-state index contributed by atoms with van der Waals surface area (Å²) >= 11 is 0. The number of carbonyl (C=O) groups excluding carboxylic acids is 1. The zero-order valence-electron chi connectivity index (χ0n) is 22.1. The molecule has 3 aromatic rings. The van der Waals surface area contributed by atoms with E-state index in [2.05, 4.69) is 55.5 Å². The molecule has 2 aliphatic heterocycles. The molecule has 8 heteroatoms. The molecule has 5 rings (SSSR count). The number of carbonyl (C=O) groups is 1. The third-order valence-electron chi connectivity index (χ3n) is 7.11. The van der Waals surface area contributed by atoms with Crippen LogP contribution < -0.4 is 9.47 Å². The second-order valence-corrected chi connectivity index (χ2v) is 9.45.